The van der Waals surface area contributed by atoms with Gasteiger partial charge in [0, 0.05) is 6.21 Å². The summed E-state index contributed by atoms with van der Waals surface area (Å²) in [7, 11) is 0. The topological polar surface area (TPSA) is 62.0 Å². The summed E-state index contributed by atoms with van der Waals surface area (Å²) in [5.74, 6) is -0.859. The molecule has 1 aliphatic heterocycles. The molecular weight excluding hydrogens is 120 g/mol. The zero-order chi connectivity index (χ0) is 6.69. The van der Waals surface area contributed by atoms with Gasteiger partial charge in [0.2, 0.25) is 0 Å². The first-order valence-electron chi connectivity index (χ1n) is 2.54. The number of carboxylic acids is 1. The minimum Gasteiger partial charge on any atom is -0.481 e. The summed E-state index contributed by atoms with van der Waals surface area (Å²) >= 11 is 0. The highest BCUT2D eigenvalue weighted by Gasteiger charge is 2.04. The molecule has 0 aromatic heterocycles. The highest BCUT2D eigenvalue weighted by atomic mass is 16.4. The molecule has 0 aliphatic carbocycles. The molecule has 0 fully saturated rings. The molecule has 1 rings (SSSR count). The lowest BCUT2D eigenvalue weighted by atomic mass is 10.3. The van der Waals surface area contributed by atoms with Crippen LogP contribution in [0.15, 0.2) is 9.98 Å². The smallest absolute Gasteiger partial charge is 0.309 e. The monoisotopic (exact) mass is 126 g/mol. The Morgan fingerprint density at radius 3 is 3.11 bits per heavy atom. The summed E-state index contributed by atoms with van der Waals surface area (Å²) in [5.41, 5.74) is 0.558. The van der Waals surface area contributed by atoms with E-state index in [2.05, 4.69) is 9.98 Å². The number of carboxylic acid groups (broad SMARTS) is 1. The van der Waals surface area contributed by atoms with Gasteiger partial charge >= 0.3 is 5.97 Å². The third-order valence-electron chi connectivity index (χ3n) is 0.928. The second-order valence-corrected chi connectivity index (χ2v) is 1.67. The Bertz CT molecular complexity index is 183. The minimum atomic E-state index is -0.859. The SMILES string of the molecule is O=C(O)CC1=NCN=C1. The third kappa shape index (κ3) is 1.64. The molecule has 0 saturated heterocycles. The summed E-state index contributed by atoms with van der Waals surface area (Å²) in [6.07, 6.45) is 1.48. The van der Waals surface area contributed by atoms with E-state index in [1.807, 2.05) is 0 Å². The summed E-state index contributed by atoms with van der Waals surface area (Å²) in [5, 5.41) is 8.23. The van der Waals surface area contributed by atoms with Crippen LogP contribution in [0.5, 0.6) is 0 Å². The molecule has 0 radical (unpaired) electrons. The van der Waals surface area contributed by atoms with Gasteiger partial charge in [0.15, 0.2) is 0 Å². The van der Waals surface area contributed by atoms with E-state index in [4.69, 9.17) is 5.11 Å². The zero-order valence-corrected chi connectivity index (χ0v) is 4.74. The first-order valence-corrected chi connectivity index (χ1v) is 2.54. The molecule has 0 saturated carbocycles. The molecule has 4 heteroatoms. The molecule has 0 amide bonds. The number of carbonyl (C=O) groups is 1. The van der Waals surface area contributed by atoms with Crippen molar-refractivity contribution in [3.8, 4) is 0 Å². The van der Waals surface area contributed by atoms with Crippen LogP contribution in [0.1, 0.15) is 6.42 Å². The van der Waals surface area contributed by atoms with E-state index >= 15 is 0 Å². The van der Waals surface area contributed by atoms with E-state index in [9.17, 15) is 4.79 Å². The van der Waals surface area contributed by atoms with Gasteiger partial charge in [0.1, 0.15) is 6.67 Å². The van der Waals surface area contributed by atoms with Gasteiger partial charge in [-0.05, 0) is 0 Å². The molecule has 0 unspecified atom stereocenters. The maximum atomic E-state index is 10.0. The second-order valence-electron chi connectivity index (χ2n) is 1.67. The lowest BCUT2D eigenvalue weighted by Gasteiger charge is -1.86. The Morgan fingerprint density at radius 1 is 1.89 bits per heavy atom. The van der Waals surface area contributed by atoms with Crippen LogP contribution in [0.2, 0.25) is 0 Å². The van der Waals surface area contributed by atoms with Gasteiger partial charge in [-0.15, -0.1) is 0 Å². The quantitative estimate of drug-likeness (QED) is 0.563. The number of nitrogens with zero attached hydrogens (tertiary/aromatic N) is 2. The lowest BCUT2D eigenvalue weighted by molar-refractivity contribution is -0.135. The zero-order valence-electron chi connectivity index (χ0n) is 4.74. The van der Waals surface area contributed by atoms with Gasteiger partial charge in [-0.25, -0.2) is 0 Å². The second kappa shape index (κ2) is 2.39. The molecule has 1 N–H and O–H groups in total. The Kier molecular flexibility index (Phi) is 1.58. The van der Waals surface area contributed by atoms with Crippen LogP contribution >= 0.6 is 0 Å². The van der Waals surface area contributed by atoms with Crippen molar-refractivity contribution in [2.45, 2.75) is 6.42 Å². The predicted octanol–water partition coefficient (Wildman–Crippen LogP) is -0.0560. The summed E-state index contributed by atoms with van der Waals surface area (Å²) < 4.78 is 0. The molecular formula is C5H6N2O2. The van der Waals surface area contributed by atoms with E-state index in [1.54, 1.807) is 0 Å². The minimum absolute atomic E-state index is 0.0104. The molecule has 9 heavy (non-hydrogen) atoms. The van der Waals surface area contributed by atoms with Crippen molar-refractivity contribution in [1.82, 2.24) is 0 Å². The van der Waals surface area contributed by atoms with Crippen LogP contribution in [0.25, 0.3) is 0 Å². The van der Waals surface area contributed by atoms with E-state index in [1.165, 1.54) is 6.21 Å². The highest BCUT2D eigenvalue weighted by molar-refractivity contribution is 6.34. The van der Waals surface area contributed by atoms with Crippen molar-refractivity contribution in [3.05, 3.63) is 0 Å². The standard InChI is InChI=1S/C5H6N2O2/c8-5(9)1-4-2-6-3-7-4/h2H,1,3H2,(H,8,9). The van der Waals surface area contributed by atoms with Crippen molar-refractivity contribution in [1.29, 1.82) is 0 Å². The number of aliphatic imine (C=N–C) groups is 2. The first-order chi connectivity index (χ1) is 4.29. The molecule has 1 aliphatic rings. The van der Waals surface area contributed by atoms with Crippen LogP contribution in [-0.4, -0.2) is 29.7 Å². The summed E-state index contributed by atoms with van der Waals surface area (Å²) in [6.45, 7) is 0.391. The van der Waals surface area contributed by atoms with Crippen LogP contribution in [-0.2, 0) is 4.79 Å². The van der Waals surface area contributed by atoms with Gasteiger partial charge in [0.25, 0.3) is 0 Å². The van der Waals surface area contributed by atoms with Crippen molar-refractivity contribution >= 4 is 17.9 Å². The Hall–Kier alpha value is -1.19. The molecule has 0 bridgehead atoms. The van der Waals surface area contributed by atoms with Crippen LogP contribution < -0.4 is 0 Å². The third-order valence-corrected chi connectivity index (χ3v) is 0.928. The van der Waals surface area contributed by atoms with Gasteiger partial charge in [-0.2, -0.15) is 0 Å². The fourth-order valence-corrected chi connectivity index (χ4v) is 0.575. The number of hydrogen-bond donors (Lipinski definition) is 1. The Labute approximate surface area is 51.9 Å². The fraction of sp³-hybridized carbons (Fsp3) is 0.400. The molecule has 1 heterocycles. The van der Waals surface area contributed by atoms with Gasteiger partial charge in [0.05, 0.1) is 12.1 Å². The van der Waals surface area contributed by atoms with Crippen molar-refractivity contribution in [3.63, 3.8) is 0 Å². The molecule has 0 aromatic carbocycles. The maximum absolute atomic E-state index is 10.0. The van der Waals surface area contributed by atoms with E-state index in [0.29, 0.717) is 12.4 Å². The largest absolute Gasteiger partial charge is 0.481 e. The Morgan fingerprint density at radius 2 is 2.67 bits per heavy atom. The van der Waals surface area contributed by atoms with E-state index < -0.39 is 5.97 Å². The normalized spacial score (nSPS) is 15.8. The predicted molar refractivity (Wildman–Crippen MR) is 33.0 cm³/mol. The van der Waals surface area contributed by atoms with E-state index in [-0.39, 0.29) is 6.42 Å². The number of rotatable bonds is 2. The molecule has 4 nitrogen and oxygen atoms in total. The van der Waals surface area contributed by atoms with Gasteiger partial charge < -0.3 is 5.11 Å². The van der Waals surface area contributed by atoms with Crippen LogP contribution in [0.3, 0.4) is 0 Å². The molecule has 0 aromatic rings. The molecule has 0 atom stereocenters. The van der Waals surface area contributed by atoms with Crippen molar-refractivity contribution < 1.29 is 9.90 Å². The van der Waals surface area contributed by atoms with Crippen LogP contribution in [0.4, 0.5) is 0 Å². The first kappa shape index (κ1) is 5.94. The van der Waals surface area contributed by atoms with E-state index in [0.717, 1.165) is 0 Å². The van der Waals surface area contributed by atoms with Crippen molar-refractivity contribution in [2.24, 2.45) is 9.98 Å². The summed E-state index contributed by atoms with van der Waals surface area (Å²) in [4.78, 5) is 17.5. The van der Waals surface area contributed by atoms with Crippen LogP contribution in [0, 0.1) is 0 Å². The molecule has 48 valence electrons. The summed E-state index contributed by atoms with van der Waals surface area (Å²) in [6, 6.07) is 0. The molecule has 0 spiro atoms. The number of hydrogen-bond acceptors (Lipinski definition) is 3. The Balaban J connectivity index is 2.45. The van der Waals surface area contributed by atoms with Gasteiger partial charge in [-0.1, -0.05) is 0 Å². The fourth-order valence-electron chi connectivity index (χ4n) is 0.575. The van der Waals surface area contributed by atoms with Gasteiger partial charge in [-0.3, -0.25) is 14.8 Å². The van der Waals surface area contributed by atoms with Crippen molar-refractivity contribution in [2.75, 3.05) is 6.67 Å². The maximum Gasteiger partial charge on any atom is 0.309 e. The average molecular weight is 126 g/mol. The number of aliphatic carboxylic acids is 1. The highest BCUT2D eigenvalue weighted by Crippen LogP contribution is 1.91. The lowest BCUT2D eigenvalue weighted by Crippen LogP contribution is -2.05. The average Bonchev–Trinajstić information content (AvgIpc) is 2.15.